The Balaban J connectivity index is 1.26. The van der Waals surface area contributed by atoms with Crippen LogP contribution in [-0.2, 0) is 19.6 Å². The number of furan rings is 1. The van der Waals surface area contributed by atoms with Crippen molar-refractivity contribution >= 4 is 0 Å². The molecule has 0 radical (unpaired) electrons. The molecule has 31 heavy (non-hydrogen) atoms. The third-order valence-electron chi connectivity index (χ3n) is 6.07. The molecule has 0 aliphatic carbocycles. The second kappa shape index (κ2) is 8.68. The van der Waals surface area contributed by atoms with E-state index in [9.17, 15) is 0 Å². The Morgan fingerprint density at radius 1 is 1.06 bits per heavy atom. The van der Waals surface area contributed by atoms with Crippen LogP contribution < -0.4 is 9.47 Å². The molecular weight excluding hydrogens is 396 g/mol. The first kappa shape index (κ1) is 20.0. The highest BCUT2D eigenvalue weighted by Crippen LogP contribution is 2.32. The van der Waals surface area contributed by atoms with E-state index in [-0.39, 0.29) is 6.79 Å². The lowest BCUT2D eigenvalue weighted by atomic mass is 9.99. The van der Waals surface area contributed by atoms with Crippen LogP contribution in [0.15, 0.2) is 41.0 Å². The number of nitrogens with zero attached hydrogens (tertiary/aromatic N) is 6. The molecule has 1 fully saturated rings. The summed E-state index contributed by atoms with van der Waals surface area (Å²) in [5.74, 6) is 3.98. The molecule has 0 bridgehead atoms. The van der Waals surface area contributed by atoms with Gasteiger partial charge in [0.05, 0.1) is 25.9 Å². The van der Waals surface area contributed by atoms with Crippen molar-refractivity contribution in [2.75, 3.05) is 26.4 Å². The first-order valence-electron chi connectivity index (χ1n) is 10.8. The first-order valence-corrected chi connectivity index (χ1v) is 10.8. The number of benzene rings is 1. The number of ether oxygens (including phenoxy) is 2. The van der Waals surface area contributed by atoms with E-state index < -0.39 is 0 Å². The molecule has 1 aromatic carbocycles. The normalized spacial score (nSPS) is 19.4. The van der Waals surface area contributed by atoms with Crippen molar-refractivity contribution in [1.82, 2.24) is 30.0 Å². The second-order valence-corrected chi connectivity index (χ2v) is 8.54. The fourth-order valence-corrected chi connectivity index (χ4v) is 4.36. The summed E-state index contributed by atoms with van der Waals surface area (Å²) >= 11 is 0. The minimum atomic E-state index is 0.275. The molecule has 0 saturated carbocycles. The summed E-state index contributed by atoms with van der Waals surface area (Å²) in [6, 6.07) is 10.4. The summed E-state index contributed by atoms with van der Waals surface area (Å²) in [6.07, 6.45) is 1.74. The highest BCUT2D eigenvalue weighted by atomic mass is 16.7. The highest BCUT2D eigenvalue weighted by Gasteiger charge is 2.30. The van der Waals surface area contributed by atoms with Gasteiger partial charge in [0.25, 0.3) is 0 Å². The van der Waals surface area contributed by atoms with Crippen LogP contribution in [0.1, 0.15) is 31.0 Å². The van der Waals surface area contributed by atoms with E-state index >= 15 is 0 Å². The zero-order chi connectivity index (χ0) is 21.2. The van der Waals surface area contributed by atoms with Crippen molar-refractivity contribution in [2.24, 2.45) is 5.92 Å². The molecule has 2 aliphatic heterocycles. The second-order valence-electron chi connectivity index (χ2n) is 8.54. The van der Waals surface area contributed by atoms with E-state index in [0.29, 0.717) is 18.5 Å². The average Bonchev–Trinajstić information content (AvgIpc) is 3.52. The lowest BCUT2D eigenvalue weighted by molar-refractivity contribution is 0.0349. The van der Waals surface area contributed by atoms with Gasteiger partial charge in [-0.1, -0.05) is 19.9 Å². The minimum absolute atomic E-state index is 0.275. The van der Waals surface area contributed by atoms with E-state index in [2.05, 4.69) is 39.2 Å². The summed E-state index contributed by atoms with van der Waals surface area (Å²) in [4.78, 5) is 4.97. The average molecular weight is 425 g/mol. The predicted octanol–water partition coefficient (Wildman–Crippen LogP) is 2.39. The van der Waals surface area contributed by atoms with Crippen molar-refractivity contribution in [3.05, 3.63) is 53.7 Å². The highest BCUT2D eigenvalue weighted by molar-refractivity contribution is 5.44. The largest absolute Gasteiger partial charge is 0.468 e. The lowest BCUT2D eigenvalue weighted by Gasteiger charge is -2.43. The van der Waals surface area contributed by atoms with Crippen LogP contribution in [0.4, 0.5) is 0 Å². The van der Waals surface area contributed by atoms with Crippen molar-refractivity contribution in [2.45, 2.75) is 39.5 Å². The Kier molecular flexibility index (Phi) is 5.61. The predicted molar refractivity (Wildman–Crippen MR) is 113 cm³/mol. The Bertz CT molecular complexity index is 1000. The molecule has 164 valence electrons. The number of tetrazole rings is 1. The van der Waals surface area contributed by atoms with E-state index in [1.807, 2.05) is 35.0 Å². The first-order chi connectivity index (χ1) is 15.2. The molecule has 0 amide bonds. The Morgan fingerprint density at radius 2 is 1.97 bits per heavy atom. The molecule has 5 rings (SSSR count). The molecule has 0 N–H and O–H groups in total. The smallest absolute Gasteiger partial charge is 0.231 e. The van der Waals surface area contributed by atoms with Gasteiger partial charge in [-0.15, -0.1) is 5.10 Å². The molecule has 4 heterocycles. The van der Waals surface area contributed by atoms with Crippen LogP contribution in [0.2, 0.25) is 0 Å². The van der Waals surface area contributed by atoms with Gasteiger partial charge in [0.15, 0.2) is 17.3 Å². The number of rotatable bonds is 7. The molecule has 1 atom stereocenters. The van der Waals surface area contributed by atoms with E-state index in [0.717, 1.165) is 61.4 Å². The van der Waals surface area contributed by atoms with Crippen LogP contribution in [0.25, 0.3) is 0 Å². The lowest BCUT2D eigenvalue weighted by Crippen LogP contribution is -2.54. The summed E-state index contributed by atoms with van der Waals surface area (Å²) in [6.45, 7) is 9.99. The van der Waals surface area contributed by atoms with E-state index in [1.54, 1.807) is 6.26 Å². The van der Waals surface area contributed by atoms with E-state index in [1.165, 1.54) is 0 Å². The minimum Gasteiger partial charge on any atom is -0.468 e. The van der Waals surface area contributed by atoms with Crippen LogP contribution in [-0.4, -0.2) is 62.5 Å². The van der Waals surface area contributed by atoms with Gasteiger partial charge in [-0.2, -0.15) is 0 Å². The zero-order valence-corrected chi connectivity index (χ0v) is 18.0. The number of piperazine rings is 1. The standard InChI is InChI=1S/C22H28N6O3/c1-16(2)19-13-26(12-18-4-3-9-29-18)7-8-27(19)14-22-23-24-25-28(22)11-17-5-6-20-21(10-17)31-15-30-20/h3-6,9-10,16,19H,7-8,11-15H2,1-2H3/t19-/m1/s1. The number of aromatic nitrogens is 4. The Labute approximate surface area is 181 Å². The SMILES string of the molecule is CC(C)[C@H]1CN(Cc2ccco2)CCN1Cc1nnnn1Cc1ccc2c(c1)OCO2. The topological polar surface area (TPSA) is 81.7 Å². The number of fused-ring (bicyclic) bond motifs is 1. The van der Waals surface area contributed by atoms with Gasteiger partial charge in [0.1, 0.15) is 5.76 Å². The van der Waals surface area contributed by atoms with Gasteiger partial charge in [-0.25, -0.2) is 4.68 Å². The van der Waals surface area contributed by atoms with Crippen molar-refractivity contribution < 1.29 is 13.9 Å². The summed E-state index contributed by atoms with van der Waals surface area (Å²) in [5, 5.41) is 12.5. The third kappa shape index (κ3) is 4.42. The summed E-state index contributed by atoms with van der Waals surface area (Å²) in [7, 11) is 0. The summed E-state index contributed by atoms with van der Waals surface area (Å²) in [5.41, 5.74) is 1.08. The molecule has 0 unspecified atom stereocenters. The maximum atomic E-state index is 5.54. The molecule has 9 nitrogen and oxygen atoms in total. The molecule has 2 aliphatic rings. The van der Waals surface area contributed by atoms with Gasteiger partial charge >= 0.3 is 0 Å². The molecule has 3 aromatic rings. The summed E-state index contributed by atoms with van der Waals surface area (Å²) < 4.78 is 18.3. The Hall–Kier alpha value is -2.91. The van der Waals surface area contributed by atoms with Crippen LogP contribution in [0.3, 0.4) is 0 Å². The third-order valence-corrected chi connectivity index (χ3v) is 6.07. The van der Waals surface area contributed by atoms with Crippen molar-refractivity contribution in [3.63, 3.8) is 0 Å². The van der Waals surface area contributed by atoms with Gasteiger partial charge in [-0.3, -0.25) is 9.80 Å². The van der Waals surface area contributed by atoms with Crippen molar-refractivity contribution in [1.29, 1.82) is 0 Å². The fraction of sp³-hybridized carbons (Fsp3) is 0.500. The van der Waals surface area contributed by atoms with Gasteiger partial charge < -0.3 is 13.9 Å². The Morgan fingerprint density at radius 3 is 2.81 bits per heavy atom. The zero-order valence-electron chi connectivity index (χ0n) is 18.0. The molecule has 1 saturated heterocycles. The van der Waals surface area contributed by atoms with Crippen LogP contribution >= 0.6 is 0 Å². The van der Waals surface area contributed by atoms with Crippen molar-refractivity contribution in [3.8, 4) is 11.5 Å². The quantitative estimate of drug-likeness (QED) is 0.572. The van der Waals surface area contributed by atoms with Gasteiger partial charge in [0, 0.05) is 25.7 Å². The molecular formula is C22H28N6O3. The molecule has 0 spiro atoms. The van der Waals surface area contributed by atoms with Gasteiger partial charge in [0.2, 0.25) is 6.79 Å². The monoisotopic (exact) mass is 424 g/mol. The maximum absolute atomic E-state index is 5.54. The fourth-order valence-electron chi connectivity index (χ4n) is 4.36. The maximum Gasteiger partial charge on any atom is 0.231 e. The number of hydrogen-bond acceptors (Lipinski definition) is 8. The molecule has 2 aromatic heterocycles. The number of hydrogen-bond donors (Lipinski definition) is 0. The van der Waals surface area contributed by atoms with Gasteiger partial charge in [-0.05, 0) is 46.2 Å². The van der Waals surface area contributed by atoms with E-state index in [4.69, 9.17) is 13.9 Å². The van der Waals surface area contributed by atoms with Crippen LogP contribution in [0, 0.1) is 5.92 Å². The molecule has 9 heteroatoms. The van der Waals surface area contributed by atoms with Crippen LogP contribution in [0.5, 0.6) is 11.5 Å².